The number of halogens is 4. The Balaban J connectivity index is 0.000000293. The lowest BCUT2D eigenvalue weighted by molar-refractivity contribution is 0.00619. The summed E-state index contributed by atoms with van der Waals surface area (Å²) in [6.07, 6.45) is 9.66. The molecule has 4 aliphatic heterocycles. The van der Waals surface area contributed by atoms with Gasteiger partial charge in [-0.05, 0) is 254 Å². The number of ether oxygens (including phenoxy) is 2. The number of nitrogens with two attached hydrogens (primary N) is 1. The van der Waals surface area contributed by atoms with E-state index in [1.54, 1.807) is 9.80 Å². The fraction of sp³-hybridized carbons (Fsp3) is 0.966. The molecule has 0 aromatic heterocycles. The van der Waals surface area contributed by atoms with Crippen molar-refractivity contribution in [3.63, 3.8) is 0 Å². The fourth-order valence-electron chi connectivity index (χ4n) is 13.2. The standard InChI is InChI=1S/C18H33FN2O3S.C18H34N2O4S.C13H26N2O2S.C9H17FN2.2ClH/c1-16(2,3)24-15(22)21-9-7-18(8-10-21)12-13(19)11-14(18)20-25(23)17(4,5)6;1-16(2,3)24-15(22)20-9-7-18(8-10-20)12-13(21)11-14(18)19-25(23)17(4,5)6;1-12(2,3)18(17)15-11-8-10(16)9-13(11)4-6-14-7-5-13;10-7-5-8(11)9(6-7)1-3-12-4-2-9;;/h13-14,20H,7-12H2,1-6H3;13-14,19,21H,7-12H2,1-6H3;10-11,14-16H,4-9H2,1-3H3;7-8,12H,1-6,11H2;2*1H/t13-,14+,25?;13-,14-,25?;10-,11-,18?;7-,8+;;/m0110../s1. The predicted octanol–water partition coefficient (Wildman–Crippen LogP) is 8.73. The highest BCUT2D eigenvalue weighted by molar-refractivity contribution is 7.85. The predicted molar refractivity (Wildman–Crippen MR) is 334 cm³/mol. The Labute approximate surface area is 512 Å². The second-order valence-electron chi connectivity index (χ2n) is 29.9. The molecular weight excluding hydrogens is 1160 g/mol. The van der Waals surface area contributed by atoms with Gasteiger partial charge in [0.05, 0.1) is 59.4 Å². The van der Waals surface area contributed by atoms with Gasteiger partial charge in [0, 0.05) is 50.3 Å². The van der Waals surface area contributed by atoms with Gasteiger partial charge in [0.15, 0.2) is 0 Å². The molecule has 484 valence electrons. The van der Waals surface area contributed by atoms with Crippen LogP contribution in [0.2, 0.25) is 0 Å². The maximum atomic E-state index is 14.2. The van der Waals surface area contributed by atoms with Crippen LogP contribution in [0, 0.1) is 21.7 Å². The first kappa shape index (κ1) is 75.4. The highest BCUT2D eigenvalue weighted by atomic mass is 35.5. The van der Waals surface area contributed by atoms with Crippen molar-refractivity contribution in [1.82, 2.24) is 34.6 Å². The number of carbonyl (C=O) groups excluding carboxylic acids is 2. The van der Waals surface area contributed by atoms with Gasteiger partial charge in [-0.25, -0.2) is 45.2 Å². The number of hydrogen-bond donors (Lipinski definition) is 8. The fourth-order valence-corrected chi connectivity index (χ4v) is 16.1. The number of likely N-dealkylation sites (tertiary alicyclic amines) is 2. The second-order valence-corrected chi connectivity index (χ2v) is 35.9. The SMILES string of the molecule is CC(C)(C)OC(=O)N1CCC2(CC1)C[C@@H](F)C[C@H]2NS(=O)C(C)(C)C.CC(C)(C)OC(=O)N1CCC2(CC1)C[C@H](O)C[C@H]2NS(=O)C(C)(C)C.CC(C)(C)S(=O)N[C@@H]1C[C@@H](O)CC12CCNCC2.Cl.Cl.N[C@@H]1C[C@H](F)CC12CCNCC2. The Morgan fingerprint density at radius 1 is 0.488 bits per heavy atom. The summed E-state index contributed by atoms with van der Waals surface area (Å²) in [6, 6.07) is 0.205. The van der Waals surface area contributed by atoms with Gasteiger partial charge >= 0.3 is 12.2 Å². The summed E-state index contributed by atoms with van der Waals surface area (Å²) in [4.78, 5) is 28.0. The zero-order valence-electron chi connectivity index (χ0n) is 52.6. The molecule has 0 radical (unpaired) electrons. The normalized spacial score (nSPS) is 30.5. The molecule has 4 heterocycles. The number of rotatable bonds is 6. The van der Waals surface area contributed by atoms with E-state index in [0.29, 0.717) is 77.5 Å². The summed E-state index contributed by atoms with van der Waals surface area (Å²) < 4.78 is 84.2. The summed E-state index contributed by atoms with van der Waals surface area (Å²) in [6.45, 7) is 35.0. The minimum atomic E-state index is -1.22. The van der Waals surface area contributed by atoms with Gasteiger partial charge in [0.25, 0.3) is 0 Å². The molecule has 4 saturated carbocycles. The van der Waals surface area contributed by atoms with Crippen molar-refractivity contribution in [2.45, 2.75) is 281 Å². The van der Waals surface area contributed by atoms with E-state index in [1.165, 1.54) is 0 Å². The van der Waals surface area contributed by atoms with E-state index in [-0.39, 0.29) is 109 Å². The van der Waals surface area contributed by atoms with Crippen molar-refractivity contribution in [1.29, 1.82) is 0 Å². The van der Waals surface area contributed by atoms with Crippen molar-refractivity contribution >= 4 is 70.0 Å². The third kappa shape index (κ3) is 21.1. The number of hydrogen-bond acceptors (Lipinski definition) is 12. The minimum Gasteiger partial charge on any atom is -0.444 e. The molecule has 11 atom stereocenters. The van der Waals surface area contributed by atoms with E-state index < -0.39 is 56.5 Å². The lowest BCUT2D eigenvalue weighted by Crippen LogP contribution is -2.52. The number of nitrogens with zero attached hydrogens (tertiary/aromatic N) is 2. The Kier molecular flexibility index (Phi) is 27.6. The number of piperidine rings is 4. The molecule has 8 rings (SSSR count). The molecule has 2 amide bonds. The van der Waals surface area contributed by atoms with Gasteiger partial charge in [-0.2, -0.15) is 0 Å². The van der Waals surface area contributed by atoms with Gasteiger partial charge in [0.2, 0.25) is 0 Å². The van der Waals surface area contributed by atoms with Crippen LogP contribution in [0.4, 0.5) is 18.4 Å². The minimum absolute atomic E-state index is 0. The van der Waals surface area contributed by atoms with Gasteiger partial charge in [-0.15, -0.1) is 24.8 Å². The summed E-state index contributed by atoms with van der Waals surface area (Å²) in [5.41, 5.74) is 4.92. The number of aliphatic hydroxyl groups is 2. The van der Waals surface area contributed by atoms with Gasteiger partial charge in [-0.3, -0.25) is 0 Å². The first-order valence-electron chi connectivity index (χ1n) is 30.0. The van der Waals surface area contributed by atoms with E-state index in [0.717, 1.165) is 77.5 Å². The van der Waals surface area contributed by atoms with Crippen LogP contribution in [0.5, 0.6) is 0 Å². The summed E-state index contributed by atoms with van der Waals surface area (Å²) in [5.74, 6) is 0. The molecule has 4 aliphatic carbocycles. The van der Waals surface area contributed by atoms with Crippen LogP contribution in [0.3, 0.4) is 0 Å². The van der Waals surface area contributed by atoms with Crippen LogP contribution in [0.25, 0.3) is 0 Å². The summed E-state index contributed by atoms with van der Waals surface area (Å²) in [5, 5.41) is 26.9. The Bertz CT molecular complexity index is 2000. The maximum Gasteiger partial charge on any atom is 0.410 e. The molecule has 82 heavy (non-hydrogen) atoms. The topological polar surface area (TPSA) is 237 Å². The van der Waals surface area contributed by atoms with Crippen molar-refractivity contribution < 1.29 is 50.7 Å². The average molecular weight is 1270 g/mol. The maximum absolute atomic E-state index is 14.2. The van der Waals surface area contributed by atoms with Gasteiger partial charge < -0.3 is 45.9 Å². The van der Waals surface area contributed by atoms with Crippen LogP contribution < -0.4 is 30.5 Å². The van der Waals surface area contributed by atoms with Crippen molar-refractivity contribution in [2.75, 3.05) is 52.4 Å². The monoisotopic (exact) mass is 1270 g/mol. The van der Waals surface area contributed by atoms with Crippen molar-refractivity contribution in [3.05, 3.63) is 0 Å². The quantitative estimate of drug-likeness (QED) is 0.125. The number of aliphatic hydroxyl groups excluding tert-OH is 2. The molecule has 4 spiro atoms. The number of carbonyl (C=O) groups is 2. The zero-order chi connectivity index (χ0) is 60.1. The number of alkyl halides is 2. The third-order valence-corrected chi connectivity index (χ3v) is 22.8. The zero-order valence-corrected chi connectivity index (χ0v) is 56.7. The van der Waals surface area contributed by atoms with E-state index >= 15 is 0 Å². The largest absolute Gasteiger partial charge is 0.444 e. The molecule has 8 aliphatic rings. The molecule has 9 N–H and O–H groups in total. The van der Waals surface area contributed by atoms with Crippen LogP contribution in [0.1, 0.15) is 207 Å². The Morgan fingerprint density at radius 3 is 1.07 bits per heavy atom. The van der Waals surface area contributed by atoms with E-state index in [2.05, 4.69) is 24.8 Å². The molecule has 17 nitrogen and oxygen atoms in total. The molecule has 4 saturated heterocycles. The van der Waals surface area contributed by atoms with Crippen LogP contribution in [0.15, 0.2) is 0 Å². The van der Waals surface area contributed by atoms with E-state index in [4.69, 9.17) is 15.2 Å². The molecule has 3 unspecified atom stereocenters. The first-order chi connectivity index (χ1) is 36.7. The van der Waals surface area contributed by atoms with Crippen molar-refractivity contribution in [2.24, 2.45) is 27.4 Å². The number of nitrogens with one attached hydrogen (secondary N) is 5. The van der Waals surface area contributed by atoms with Crippen LogP contribution in [-0.2, 0) is 42.4 Å². The Morgan fingerprint density at radius 2 is 0.768 bits per heavy atom. The highest BCUT2D eigenvalue weighted by Crippen LogP contribution is 2.50. The number of amides is 2. The Hall–Kier alpha value is -0.890. The summed E-state index contributed by atoms with van der Waals surface area (Å²) >= 11 is 0. The van der Waals surface area contributed by atoms with E-state index in [9.17, 15) is 41.2 Å². The first-order valence-corrected chi connectivity index (χ1v) is 33.5. The molecule has 0 aromatic carbocycles. The van der Waals surface area contributed by atoms with Crippen LogP contribution in [-0.4, -0.2) is 171 Å². The van der Waals surface area contributed by atoms with E-state index in [1.807, 2.05) is 104 Å². The smallest absolute Gasteiger partial charge is 0.410 e. The average Bonchev–Trinajstić information content (AvgIpc) is 4.05. The second kappa shape index (κ2) is 30.1. The van der Waals surface area contributed by atoms with Crippen LogP contribution >= 0.6 is 24.8 Å². The highest BCUT2D eigenvalue weighted by Gasteiger charge is 2.53. The van der Waals surface area contributed by atoms with Gasteiger partial charge in [-0.1, -0.05) is 0 Å². The molecule has 24 heteroatoms. The molecule has 8 fully saturated rings. The molecule has 0 aromatic rings. The van der Waals surface area contributed by atoms with Crippen molar-refractivity contribution in [3.8, 4) is 0 Å². The lowest BCUT2D eigenvalue weighted by atomic mass is 9.74. The molecule has 0 bridgehead atoms. The lowest BCUT2D eigenvalue weighted by Gasteiger charge is -2.43. The van der Waals surface area contributed by atoms with Gasteiger partial charge in [0.1, 0.15) is 23.5 Å². The third-order valence-electron chi connectivity index (χ3n) is 18.0. The summed E-state index contributed by atoms with van der Waals surface area (Å²) in [7, 11) is -3.44. The molecular formula is C58H112Cl2F2N8O9S3.